The average Bonchev–Trinajstić information content (AvgIpc) is 2.73. The SMILES string of the molecule is [N-]=[N+]=CC(=O)N1C(=S)OC[C@@H]1c1ccccc1. The van der Waals surface area contributed by atoms with Crippen LogP contribution in [0.5, 0.6) is 0 Å². The van der Waals surface area contributed by atoms with Crippen molar-refractivity contribution in [2.45, 2.75) is 6.04 Å². The van der Waals surface area contributed by atoms with E-state index in [1.807, 2.05) is 30.3 Å². The van der Waals surface area contributed by atoms with Crippen LogP contribution in [0.15, 0.2) is 30.3 Å². The highest BCUT2D eigenvalue weighted by molar-refractivity contribution is 7.80. The molecule has 2 rings (SSSR count). The lowest BCUT2D eigenvalue weighted by Crippen LogP contribution is -2.34. The molecule has 1 aliphatic heterocycles. The Labute approximate surface area is 103 Å². The molecule has 86 valence electrons. The van der Waals surface area contributed by atoms with Crippen LogP contribution < -0.4 is 0 Å². The smallest absolute Gasteiger partial charge is 0.345 e. The van der Waals surface area contributed by atoms with E-state index in [2.05, 4.69) is 4.79 Å². The number of carbonyl (C=O) groups excluding carboxylic acids is 1. The maximum atomic E-state index is 11.7. The molecule has 0 saturated carbocycles. The maximum Gasteiger partial charge on any atom is 0.345 e. The number of benzene rings is 1. The number of rotatable bonds is 2. The molecular weight excluding hydrogens is 238 g/mol. The number of thiocarbonyl (C=S) groups is 1. The highest BCUT2D eigenvalue weighted by Crippen LogP contribution is 2.27. The monoisotopic (exact) mass is 247 g/mol. The number of ether oxygens (including phenoxy) is 1. The van der Waals surface area contributed by atoms with E-state index in [1.54, 1.807) is 0 Å². The second-order valence-electron chi connectivity index (χ2n) is 3.46. The molecule has 0 bridgehead atoms. The van der Waals surface area contributed by atoms with Crippen LogP contribution in [0.2, 0.25) is 0 Å². The molecule has 1 heterocycles. The van der Waals surface area contributed by atoms with Crippen LogP contribution in [-0.4, -0.2) is 33.6 Å². The van der Waals surface area contributed by atoms with Crippen LogP contribution in [0.4, 0.5) is 0 Å². The summed E-state index contributed by atoms with van der Waals surface area (Å²) in [5.74, 6) is -0.496. The van der Waals surface area contributed by atoms with Gasteiger partial charge in [-0.2, -0.15) is 4.79 Å². The van der Waals surface area contributed by atoms with Crippen molar-refractivity contribution >= 4 is 29.5 Å². The minimum Gasteiger partial charge on any atom is -0.468 e. The molecule has 6 heteroatoms. The summed E-state index contributed by atoms with van der Waals surface area (Å²) in [4.78, 5) is 15.7. The number of amides is 1. The predicted molar refractivity (Wildman–Crippen MR) is 64.3 cm³/mol. The zero-order valence-corrected chi connectivity index (χ0v) is 9.63. The van der Waals surface area contributed by atoms with Gasteiger partial charge in [0.25, 0.3) is 5.17 Å². The number of nitrogens with zero attached hydrogens (tertiary/aromatic N) is 3. The van der Waals surface area contributed by atoms with Gasteiger partial charge in [0.2, 0.25) is 0 Å². The van der Waals surface area contributed by atoms with Crippen LogP contribution in [-0.2, 0) is 9.53 Å². The Hall–Kier alpha value is -2.04. The van der Waals surface area contributed by atoms with Crippen LogP contribution >= 0.6 is 12.2 Å². The first-order valence-corrected chi connectivity index (χ1v) is 5.37. The van der Waals surface area contributed by atoms with Crippen molar-refractivity contribution in [2.24, 2.45) is 0 Å². The Balaban J connectivity index is 2.31. The van der Waals surface area contributed by atoms with Gasteiger partial charge in [-0.05, 0) is 17.8 Å². The lowest BCUT2D eigenvalue weighted by atomic mass is 10.1. The van der Waals surface area contributed by atoms with Crippen molar-refractivity contribution in [1.29, 1.82) is 0 Å². The molecule has 1 fully saturated rings. The zero-order valence-electron chi connectivity index (χ0n) is 8.81. The molecule has 1 aromatic rings. The van der Waals surface area contributed by atoms with Gasteiger partial charge in [0, 0.05) is 0 Å². The van der Waals surface area contributed by atoms with E-state index in [0.717, 1.165) is 11.8 Å². The van der Waals surface area contributed by atoms with Crippen molar-refractivity contribution in [2.75, 3.05) is 6.61 Å². The molecule has 1 saturated heterocycles. The van der Waals surface area contributed by atoms with Gasteiger partial charge in [0.15, 0.2) is 0 Å². The van der Waals surface area contributed by atoms with E-state index < -0.39 is 5.91 Å². The lowest BCUT2D eigenvalue weighted by molar-refractivity contribution is -0.124. The highest BCUT2D eigenvalue weighted by atomic mass is 32.1. The number of hydrogen-bond acceptors (Lipinski definition) is 3. The minimum absolute atomic E-state index is 0.101. The fraction of sp³-hybridized carbons (Fsp3) is 0.182. The second-order valence-corrected chi connectivity index (χ2v) is 3.81. The Bertz CT molecular complexity index is 497. The third-order valence-corrected chi connectivity index (χ3v) is 2.78. The largest absolute Gasteiger partial charge is 0.468 e. The second kappa shape index (κ2) is 4.86. The number of carbonyl (C=O) groups is 1. The predicted octanol–water partition coefficient (Wildman–Crippen LogP) is 1.17. The van der Waals surface area contributed by atoms with E-state index in [-0.39, 0.29) is 11.2 Å². The first kappa shape index (κ1) is 11.4. The van der Waals surface area contributed by atoms with E-state index >= 15 is 0 Å². The molecule has 1 aromatic carbocycles. The average molecular weight is 247 g/mol. The molecule has 17 heavy (non-hydrogen) atoms. The van der Waals surface area contributed by atoms with E-state index in [4.69, 9.17) is 22.5 Å². The zero-order chi connectivity index (χ0) is 12.3. The van der Waals surface area contributed by atoms with Crippen molar-refractivity contribution in [1.82, 2.24) is 4.90 Å². The Morgan fingerprint density at radius 3 is 2.88 bits per heavy atom. The van der Waals surface area contributed by atoms with Crippen molar-refractivity contribution in [3.05, 3.63) is 41.4 Å². The van der Waals surface area contributed by atoms with Gasteiger partial charge >= 0.3 is 12.1 Å². The fourth-order valence-electron chi connectivity index (χ4n) is 1.70. The standard InChI is InChI=1S/C11H9N3O2S/c12-13-6-10(15)14-9(7-16-11(14)17)8-4-2-1-3-5-8/h1-6,9H,7H2/t9-/m1/s1. The fourth-order valence-corrected chi connectivity index (χ4v) is 1.98. The van der Waals surface area contributed by atoms with Gasteiger partial charge in [-0.1, -0.05) is 30.3 Å². The summed E-state index contributed by atoms with van der Waals surface area (Å²) >= 11 is 4.95. The summed E-state index contributed by atoms with van der Waals surface area (Å²) in [6, 6.07) is 9.14. The highest BCUT2D eigenvalue weighted by Gasteiger charge is 2.36. The van der Waals surface area contributed by atoms with Crippen LogP contribution in [0.3, 0.4) is 0 Å². The van der Waals surface area contributed by atoms with Crippen LogP contribution in [0, 0.1) is 0 Å². The first-order valence-electron chi connectivity index (χ1n) is 4.96. The lowest BCUT2D eigenvalue weighted by Gasteiger charge is -2.17. The van der Waals surface area contributed by atoms with Crippen LogP contribution in [0.1, 0.15) is 11.6 Å². The Kier molecular flexibility index (Phi) is 3.27. The van der Waals surface area contributed by atoms with Gasteiger partial charge < -0.3 is 10.3 Å². The van der Waals surface area contributed by atoms with Gasteiger partial charge in [-0.3, -0.25) is 9.69 Å². The molecule has 1 atom stereocenters. The summed E-state index contributed by atoms with van der Waals surface area (Å²) < 4.78 is 5.19. The summed E-state index contributed by atoms with van der Waals surface area (Å²) in [5.41, 5.74) is 9.30. The van der Waals surface area contributed by atoms with E-state index in [9.17, 15) is 4.79 Å². The molecule has 0 spiro atoms. The van der Waals surface area contributed by atoms with Gasteiger partial charge in [-0.25, -0.2) is 0 Å². The molecule has 1 amide bonds. The van der Waals surface area contributed by atoms with Crippen molar-refractivity contribution in [3.63, 3.8) is 0 Å². The van der Waals surface area contributed by atoms with Crippen molar-refractivity contribution in [3.8, 4) is 0 Å². The summed E-state index contributed by atoms with van der Waals surface area (Å²) in [6.45, 7) is 0.313. The normalized spacial score (nSPS) is 18.5. The summed E-state index contributed by atoms with van der Waals surface area (Å²) in [7, 11) is 0. The van der Waals surface area contributed by atoms with Crippen molar-refractivity contribution < 1.29 is 14.3 Å². The molecule has 1 aliphatic rings. The maximum absolute atomic E-state index is 11.7. The molecule has 0 aromatic heterocycles. The first-order chi connectivity index (χ1) is 8.24. The topological polar surface area (TPSA) is 65.9 Å². The Morgan fingerprint density at radius 1 is 1.53 bits per heavy atom. The third kappa shape index (κ3) is 2.22. The van der Waals surface area contributed by atoms with E-state index in [0.29, 0.717) is 6.61 Å². The van der Waals surface area contributed by atoms with Gasteiger partial charge in [0.05, 0.1) is 0 Å². The molecule has 0 N–H and O–H groups in total. The molecule has 0 unspecified atom stereocenters. The molecular formula is C11H9N3O2S. The molecule has 0 radical (unpaired) electrons. The molecule has 0 aliphatic carbocycles. The third-order valence-electron chi connectivity index (χ3n) is 2.46. The van der Waals surface area contributed by atoms with Gasteiger partial charge in [-0.15, -0.1) is 0 Å². The van der Waals surface area contributed by atoms with Crippen LogP contribution in [0.25, 0.3) is 5.53 Å². The summed E-state index contributed by atoms with van der Waals surface area (Å²) in [6.07, 6.45) is 0.802. The quantitative estimate of drug-likeness (QED) is 0.341. The summed E-state index contributed by atoms with van der Waals surface area (Å²) in [5, 5.41) is 0.101. The Morgan fingerprint density at radius 2 is 2.24 bits per heavy atom. The molecule has 5 nitrogen and oxygen atoms in total. The minimum atomic E-state index is -0.496. The number of hydrogen-bond donors (Lipinski definition) is 0. The van der Waals surface area contributed by atoms with Gasteiger partial charge in [0.1, 0.15) is 12.6 Å². The van der Waals surface area contributed by atoms with E-state index in [1.165, 1.54) is 4.90 Å².